The van der Waals surface area contributed by atoms with Gasteiger partial charge in [-0.25, -0.2) is 0 Å². The van der Waals surface area contributed by atoms with E-state index < -0.39 is 0 Å². The van der Waals surface area contributed by atoms with Crippen LogP contribution in [0.4, 0.5) is 0 Å². The predicted molar refractivity (Wildman–Crippen MR) is 82.6 cm³/mol. The average Bonchev–Trinajstić information content (AvgIpc) is 2.71. The highest BCUT2D eigenvalue weighted by molar-refractivity contribution is 9.10. The Labute approximate surface area is 128 Å². The summed E-state index contributed by atoms with van der Waals surface area (Å²) in [6, 6.07) is 7.26. The van der Waals surface area contributed by atoms with Gasteiger partial charge in [0.1, 0.15) is 0 Å². The van der Waals surface area contributed by atoms with Crippen LogP contribution in [0, 0.1) is 11.3 Å². The molecule has 0 N–H and O–H groups in total. The van der Waals surface area contributed by atoms with Crippen LogP contribution >= 0.6 is 15.9 Å². The van der Waals surface area contributed by atoms with E-state index in [1.54, 1.807) is 17.0 Å². The highest BCUT2D eigenvalue weighted by Crippen LogP contribution is 2.34. The molecular weight excluding hydrogens is 318 g/mol. The summed E-state index contributed by atoms with van der Waals surface area (Å²) in [6.45, 7) is 7.30. The fourth-order valence-corrected chi connectivity index (χ4v) is 2.67. The monoisotopic (exact) mass is 337 g/mol. The predicted octanol–water partition coefficient (Wildman–Crippen LogP) is 3.53. The lowest BCUT2D eigenvalue weighted by Crippen LogP contribution is -2.32. The summed E-state index contributed by atoms with van der Waals surface area (Å²) in [4.78, 5) is 25.9. The molecule has 1 aromatic carbocycles. The molecule has 2 rings (SSSR count). The Morgan fingerprint density at radius 3 is 2.40 bits per heavy atom. The molecule has 0 saturated carbocycles. The van der Waals surface area contributed by atoms with Crippen molar-refractivity contribution in [1.29, 1.82) is 0 Å². The van der Waals surface area contributed by atoms with Crippen molar-refractivity contribution >= 4 is 27.6 Å². The fraction of sp³-hybridized carbons (Fsp3) is 0.500. The van der Waals surface area contributed by atoms with Gasteiger partial charge >= 0.3 is 0 Å². The molecule has 1 atom stereocenters. The number of carbonyl (C=O) groups excluding carboxylic acids is 2. The Kier molecular flexibility index (Phi) is 4.33. The maximum absolute atomic E-state index is 12.2. The lowest BCUT2D eigenvalue weighted by atomic mass is 9.80. The van der Waals surface area contributed by atoms with E-state index >= 15 is 0 Å². The van der Waals surface area contributed by atoms with Crippen molar-refractivity contribution in [2.75, 3.05) is 13.1 Å². The van der Waals surface area contributed by atoms with Crippen LogP contribution in [0.5, 0.6) is 0 Å². The van der Waals surface area contributed by atoms with Crippen molar-refractivity contribution in [1.82, 2.24) is 4.90 Å². The quantitative estimate of drug-likeness (QED) is 0.791. The minimum Gasteiger partial charge on any atom is -0.335 e. The van der Waals surface area contributed by atoms with Crippen LogP contribution < -0.4 is 0 Å². The van der Waals surface area contributed by atoms with Gasteiger partial charge in [0.15, 0.2) is 5.78 Å². The summed E-state index contributed by atoms with van der Waals surface area (Å²) >= 11 is 3.35. The van der Waals surface area contributed by atoms with Crippen LogP contribution in [0.2, 0.25) is 0 Å². The molecule has 1 amide bonds. The van der Waals surface area contributed by atoms with Crippen molar-refractivity contribution in [3.05, 3.63) is 34.3 Å². The standard InChI is InChI=1S/C16H20BrNO2/c1-16(2,3)12-8-15(20)18(9-12)10-14(19)11-4-6-13(17)7-5-11/h4-7,12H,8-10H2,1-3H3. The van der Waals surface area contributed by atoms with E-state index in [4.69, 9.17) is 0 Å². The van der Waals surface area contributed by atoms with E-state index in [2.05, 4.69) is 36.7 Å². The molecule has 3 nitrogen and oxygen atoms in total. The molecule has 1 aromatic rings. The second-order valence-corrected chi connectivity index (χ2v) is 7.39. The van der Waals surface area contributed by atoms with Crippen LogP contribution in [0.25, 0.3) is 0 Å². The maximum atomic E-state index is 12.2. The summed E-state index contributed by atoms with van der Waals surface area (Å²) in [7, 11) is 0. The summed E-state index contributed by atoms with van der Waals surface area (Å²) < 4.78 is 0.944. The molecule has 1 aliphatic heterocycles. The van der Waals surface area contributed by atoms with Crippen LogP contribution in [-0.4, -0.2) is 29.7 Å². The van der Waals surface area contributed by atoms with Gasteiger partial charge in [-0.05, 0) is 23.5 Å². The van der Waals surface area contributed by atoms with Crippen molar-refractivity contribution in [3.63, 3.8) is 0 Å². The largest absolute Gasteiger partial charge is 0.335 e. The molecule has 1 heterocycles. The average molecular weight is 338 g/mol. The van der Waals surface area contributed by atoms with Gasteiger partial charge in [-0.3, -0.25) is 9.59 Å². The van der Waals surface area contributed by atoms with Gasteiger partial charge in [0.05, 0.1) is 6.54 Å². The zero-order chi connectivity index (χ0) is 14.9. The summed E-state index contributed by atoms with van der Waals surface area (Å²) in [5.74, 6) is 0.420. The topological polar surface area (TPSA) is 37.4 Å². The minimum absolute atomic E-state index is 0.000379. The van der Waals surface area contributed by atoms with Gasteiger partial charge in [0.2, 0.25) is 5.91 Å². The van der Waals surface area contributed by atoms with E-state index in [-0.39, 0.29) is 23.7 Å². The Hall–Kier alpha value is -1.16. The fourth-order valence-electron chi connectivity index (χ4n) is 2.41. The molecule has 1 fully saturated rings. The number of hydrogen-bond donors (Lipinski definition) is 0. The second-order valence-electron chi connectivity index (χ2n) is 6.47. The SMILES string of the molecule is CC(C)(C)C1CC(=O)N(CC(=O)c2ccc(Br)cc2)C1. The van der Waals surface area contributed by atoms with E-state index in [9.17, 15) is 9.59 Å². The molecule has 0 radical (unpaired) electrons. The third-order valence-corrected chi connectivity index (χ3v) is 4.47. The van der Waals surface area contributed by atoms with E-state index in [1.165, 1.54) is 0 Å². The number of hydrogen-bond acceptors (Lipinski definition) is 2. The molecule has 1 aliphatic rings. The number of nitrogens with zero attached hydrogens (tertiary/aromatic N) is 1. The number of ketones is 1. The van der Waals surface area contributed by atoms with Crippen molar-refractivity contribution in [3.8, 4) is 0 Å². The number of likely N-dealkylation sites (tertiary alicyclic amines) is 1. The van der Waals surface area contributed by atoms with E-state index in [0.717, 1.165) is 4.47 Å². The zero-order valence-electron chi connectivity index (χ0n) is 12.1. The van der Waals surface area contributed by atoms with E-state index in [1.807, 2.05) is 12.1 Å². The third-order valence-electron chi connectivity index (χ3n) is 3.94. The molecule has 0 aromatic heterocycles. The van der Waals surface area contributed by atoms with Gasteiger partial charge in [-0.2, -0.15) is 0 Å². The van der Waals surface area contributed by atoms with Crippen LogP contribution in [-0.2, 0) is 4.79 Å². The number of benzene rings is 1. The van der Waals surface area contributed by atoms with Gasteiger partial charge in [-0.1, -0.05) is 48.8 Å². The van der Waals surface area contributed by atoms with E-state index in [0.29, 0.717) is 24.4 Å². The van der Waals surface area contributed by atoms with Crippen LogP contribution in [0.3, 0.4) is 0 Å². The van der Waals surface area contributed by atoms with Crippen molar-refractivity contribution < 1.29 is 9.59 Å². The summed E-state index contributed by atoms with van der Waals surface area (Å²) in [6.07, 6.45) is 0.553. The zero-order valence-corrected chi connectivity index (χ0v) is 13.7. The molecule has 20 heavy (non-hydrogen) atoms. The Bertz CT molecular complexity index is 516. The number of rotatable bonds is 3. The first-order valence-electron chi connectivity index (χ1n) is 6.84. The molecule has 0 spiro atoms. The van der Waals surface area contributed by atoms with Crippen LogP contribution in [0.1, 0.15) is 37.6 Å². The molecule has 1 saturated heterocycles. The second kappa shape index (κ2) is 5.68. The molecular formula is C16H20BrNO2. The Morgan fingerprint density at radius 2 is 1.90 bits per heavy atom. The van der Waals surface area contributed by atoms with Crippen molar-refractivity contribution in [2.45, 2.75) is 27.2 Å². The smallest absolute Gasteiger partial charge is 0.223 e. The normalized spacial score (nSPS) is 19.5. The highest BCUT2D eigenvalue weighted by atomic mass is 79.9. The summed E-state index contributed by atoms with van der Waals surface area (Å²) in [5.41, 5.74) is 0.755. The van der Waals surface area contributed by atoms with Crippen molar-refractivity contribution in [2.24, 2.45) is 11.3 Å². The lowest BCUT2D eigenvalue weighted by Gasteiger charge is -2.26. The number of Topliss-reactive ketones (excluding diaryl/α,β-unsaturated/α-hetero) is 1. The molecule has 0 bridgehead atoms. The lowest BCUT2D eigenvalue weighted by molar-refractivity contribution is -0.127. The van der Waals surface area contributed by atoms with Gasteiger partial charge in [0.25, 0.3) is 0 Å². The first-order valence-corrected chi connectivity index (χ1v) is 7.63. The summed E-state index contributed by atoms with van der Waals surface area (Å²) in [5, 5.41) is 0. The molecule has 0 aliphatic carbocycles. The molecule has 1 unspecified atom stereocenters. The Morgan fingerprint density at radius 1 is 1.30 bits per heavy atom. The highest BCUT2D eigenvalue weighted by Gasteiger charge is 2.37. The minimum atomic E-state index is 0.000379. The number of amides is 1. The first kappa shape index (κ1) is 15.2. The first-order chi connectivity index (χ1) is 9.27. The third kappa shape index (κ3) is 3.48. The molecule has 4 heteroatoms. The number of halogens is 1. The van der Waals surface area contributed by atoms with Crippen LogP contribution in [0.15, 0.2) is 28.7 Å². The molecule has 108 valence electrons. The van der Waals surface area contributed by atoms with Gasteiger partial charge in [-0.15, -0.1) is 0 Å². The van der Waals surface area contributed by atoms with Gasteiger partial charge < -0.3 is 4.90 Å². The Balaban J connectivity index is 2.02. The number of carbonyl (C=O) groups is 2. The van der Waals surface area contributed by atoms with Gasteiger partial charge in [0, 0.05) is 23.0 Å². The maximum Gasteiger partial charge on any atom is 0.223 e.